The molecule has 0 spiro atoms. The van der Waals surface area contributed by atoms with Crippen LogP contribution in [0.5, 0.6) is 0 Å². The number of benzene rings is 3. The number of sulfonamides is 1. The van der Waals surface area contributed by atoms with Crippen LogP contribution in [-0.2, 0) is 24.1 Å². The molecule has 0 saturated carbocycles. The molecule has 0 unspecified atom stereocenters. The Labute approximate surface area is 183 Å². The van der Waals surface area contributed by atoms with Gasteiger partial charge < -0.3 is 0 Å². The number of aromatic nitrogens is 2. The smallest absolute Gasteiger partial charge is 0.295 e. The molecule has 1 heterocycles. The summed E-state index contributed by atoms with van der Waals surface area (Å²) >= 11 is 7.37. The van der Waals surface area contributed by atoms with E-state index >= 15 is 0 Å². The first-order valence-corrected chi connectivity index (χ1v) is 11.6. The standard InChI is InChI=1S/C21H18ClN3O3S2/c1-24-18-12-17(23-30(27,28)16-6-4-3-5-7-16)20(13-19(18)25(2)21(24)26)29-15-10-8-14(22)9-11-15/h3-13,23H,1-2H3. The van der Waals surface area contributed by atoms with E-state index in [1.165, 1.54) is 33.0 Å². The lowest BCUT2D eigenvalue weighted by atomic mass is 10.3. The molecule has 0 amide bonds. The lowest BCUT2D eigenvalue weighted by Crippen LogP contribution is -2.19. The second-order valence-electron chi connectivity index (χ2n) is 6.71. The van der Waals surface area contributed by atoms with Crippen molar-refractivity contribution >= 4 is 50.1 Å². The third kappa shape index (κ3) is 3.86. The maximum Gasteiger partial charge on any atom is 0.328 e. The van der Waals surface area contributed by atoms with E-state index < -0.39 is 10.0 Å². The van der Waals surface area contributed by atoms with Crippen molar-refractivity contribution in [2.45, 2.75) is 14.7 Å². The molecular formula is C21H18ClN3O3S2. The van der Waals surface area contributed by atoms with Gasteiger partial charge in [-0.05, 0) is 48.5 Å². The molecule has 1 N–H and O–H groups in total. The van der Waals surface area contributed by atoms with Crippen molar-refractivity contribution in [3.05, 3.63) is 82.2 Å². The maximum atomic E-state index is 12.9. The van der Waals surface area contributed by atoms with Gasteiger partial charge in [0.25, 0.3) is 10.0 Å². The third-order valence-corrected chi connectivity index (χ3v) is 7.41. The number of nitrogens with one attached hydrogen (secondary N) is 1. The van der Waals surface area contributed by atoms with Gasteiger partial charge in [-0.3, -0.25) is 13.9 Å². The average molecular weight is 460 g/mol. The molecule has 9 heteroatoms. The summed E-state index contributed by atoms with van der Waals surface area (Å²) in [6, 6.07) is 18.9. The van der Waals surface area contributed by atoms with E-state index in [2.05, 4.69) is 4.72 Å². The molecule has 1 aromatic heterocycles. The molecule has 4 aromatic rings. The summed E-state index contributed by atoms with van der Waals surface area (Å²) in [4.78, 5) is 14.1. The highest BCUT2D eigenvalue weighted by Gasteiger charge is 2.19. The average Bonchev–Trinajstić information content (AvgIpc) is 2.94. The molecule has 4 rings (SSSR count). The van der Waals surface area contributed by atoms with Crippen LogP contribution < -0.4 is 10.4 Å². The molecule has 6 nitrogen and oxygen atoms in total. The van der Waals surface area contributed by atoms with Crippen molar-refractivity contribution in [3.8, 4) is 0 Å². The van der Waals surface area contributed by atoms with E-state index in [-0.39, 0.29) is 10.6 Å². The number of rotatable bonds is 5. The zero-order valence-corrected chi connectivity index (χ0v) is 18.6. The molecule has 0 atom stereocenters. The first kappa shape index (κ1) is 20.6. The largest absolute Gasteiger partial charge is 0.328 e. The van der Waals surface area contributed by atoms with E-state index in [4.69, 9.17) is 11.6 Å². The molecule has 0 aliphatic carbocycles. The van der Waals surface area contributed by atoms with E-state index in [1.807, 2.05) is 18.2 Å². The summed E-state index contributed by atoms with van der Waals surface area (Å²) in [6.07, 6.45) is 0. The van der Waals surface area contributed by atoms with Crippen LogP contribution in [0.1, 0.15) is 0 Å². The van der Waals surface area contributed by atoms with Crippen LogP contribution in [0.3, 0.4) is 0 Å². The Hall–Kier alpha value is -2.68. The number of anilines is 1. The van der Waals surface area contributed by atoms with E-state index in [9.17, 15) is 13.2 Å². The monoisotopic (exact) mass is 459 g/mol. The molecule has 0 aliphatic rings. The predicted molar refractivity (Wildman–Crippen MR) is 121 cm³/mol. The predicted octanol–water partition coefficient (Wildman–Crippen LogP) is 4.48. The highest BCUT2D eigenvalue weighted by molar-refractivity contribution is 7.99. The first-order chi connectivity index (χ1) is 14.3. The first-order valence-electron chi connectivity index (χ1n) is 8.97. The van der Waals surface area contributed by atoms with Gasteiger partial charge in [0.2, 0.25) is 0 Å². The lowest BCUT2D eigenvalue weighted by molar-refractivity contribution is 0.601. The molecular weight excluding hydrogens is 442 g/mol. The van der Waals surface area contributed by atoms with Gasteiger partial charge in [-0.15, -0.1) is 0 Å². The summed E-state index contributed by atoms with van der Waals surface area (Å²) in [7, 11) is -0.450. The van der Waals surface area contributed by atoms with Crippen molar-refractivity contribution < 1.29 is 8.42 Å². The summed E-state index contributed by atoms with van der Waals surface area (Å²) in [5, 5.41) is 0.616. The summed E-state index contributed by atoms with van der Waals surface area (Å²) < 4.78 is 31.6. The van der Waals surface area contributed by atoms with Crippen LogP contribution in [0.15, 0.2) is 86.2 Å². The van der Waals surface area contributed by atoms with E-state index in [0.29, 0.717) is 26.6 Å². The second kappa shape index (κ2) is 7.86. The van der Waals surface area contributed by atoms with Crippen LogP contribution in [0.4, 0.5) is 5.69 Å². The van der Waals surface area contributed by atoms with Gasteiger partial charge in [0.1, 0.15) is 0 Å². The topological polar surface area (TPSA) is 73.1 Å². The minimum atomic E-state index is -3.80. The fraction of sp³-hybridized carbons (Fsp3) is 0.0952. The van der Waals surface area contributed by atoms with Crippen LogP contribution in [-0.4, -0.2) is 17.6 Å². The Morgan fingerprint density at radius 1 is 0.900 bits per heavy atom. The quantitative estimate of drug-likeness (QED) is 0.477. The number of nitrogens with zero attached hydrogens (tertiary/aromatic N) is 2. The van der Waals surface area contributed by atoms with Crippen molar-refractivity contribution in [1.82, 2.24) is 9.13 Å². The van der Waals surface area contributed by atoms with Crippen molar-refractivity contribution in [3.63, 3.8) is 0 Å². The fourth-order valence-corrected chi connectivity index (χ4v) is 5.32. The van der Waals surface area contributed by atoms with Gasteiger partial charge in [0, 0.05) is 28.9 Å². The Bertz CT molecular complexity index is 1390. The summed E-state index contributed by atoms with van der Waals surface area (Å²) in [6.45, 7) is 0. The van der Waals surface area contributed by atoms with Crippen molar-refractivity contribution in [2.24, 2.45) is 14.1 Å². The molecule has 154 valence electrons. The zero-order valence-electron chi connectivity index (χ0n) is 16.2. The maximum absolute atomic E-state index is 12.9. The molecule has 0 fully saturated rings. The molecule has 30 heavy (non-hydrogen) atoms. The SMILES string of the molecule is Cn1c(=O)n(C)c2cc(Sc3ccc(Cl)cc3)c(NS(=O)(=O)c3ccccc3)cc21. The number of aryl methyl sites for hydroxylation is 2. The Kier molecular flexibility index (Phi) is 5.40. The molecule has 3 aromatic carbocycles. The van der Waals surface area contributed by atoms with Crippen LogP contribution in [0.2, 0.25) is 5.02 Å². The molecule has 0 bridgehead atoms. The second-order valence-corrected chi connectivity index (χ2v) is 9.95. The van der Waals surface area contributed by atoms with Crippen LogP contribution >= 0.6 is 23.4 Å². The van der Waals surface area contributed by atoms with Crippen LogP contribution in [0, 0.1) is 0 Å². The minimum Gasteiger partial charge on any atom is -0.295 e. The Morgan fingerprint density at radius 2 is 1.50 bits per heavy atom. The molecule has 0 aliphatic heterocycles. The van der Waals surface area contributed by atoms with Gasteiger partial charge >= 0.3 is 5.69 Å². The van der Waals surface area contributed by atoms with Gasteiger partial charge in [-0.2, -0.15) is 0 Å². The van der Waals surface area contributed by atoms with Gasteiger partial charge in [-0.1, -0.05) is 41.6 Å². The van der Waals surface area contributed by atoms with Crippen molar-refractivity contribution in [2.75, 3.05) is 4.72 Å². The van der Waals surface area contributed by atoms with Gasteiger partial charge in [-0.25, -0.2) is 13.2 Å². The van der Waals surface area contributed by atoms with Gasteiger partial charge in [0.15, 0.2) is 0 Å². The minimum absolute atomic E-state index is 0.162. The number of hydrogen-bond donors (Lipinski definition) is 1. The van der Waals surface area contributed by atoms with Gasteiger partial charge in [0.05, 0.1) is 21.6 Å². The van der Waals surface area contributed by atoms with Crippen molar-refractivity contribution in [1.29, 1.82) is 0 Å². The third-order valence-electron chi connectivity index (χ3n) is 4.71. The van der Waals surface area contributed by atoms with E-state index in [1.54, 1.807) is 50.5 Å². The highest BCUT2D eigenvalue weighted by Crippen LogP contribution is 2.37. The number of halogens is 1. The Morgan fingerprint density at radius 3 is 2.13 bits per heavy atom. The fourth-order valence-electron chi connectivity index (χ4n) is 3.12. The summed E-state index contributed by atoms with van der Waals surface area (Å²) in [5.41, 5.74) is 1.55. The zero-order chi connectivity index (χ0) is 21.5. The van der Waals surface area contributed by atoms with E-state index in [0.717, 1.165) is 4.90 Å². The number of imidazole rings is 1. The molecule has 0 radical (unpaired) electrons. The highest BCUT2D eigenvalue weighted by atomic mass is 35.5. The van der Waals surface area contributed by atoms with Crippen LogP contribution in [0.25, 0.3) is 11.0 Å². The summed E-state index contributed by atoms with van der Waals surface area (Å²) in [5.74, 6) is 0. The number of hydrogen-bond acceptors (Lipinski definition) is 4. The lowest BCUT2D eigenvalue weighted by Gasteiger charge is -2.14. The molecule has 0 saturated heterocycles. The number of fused-ring (bicyclic) bond motifs is 1. The Balaban J connectivity index is 1.86. The normalized spacial score (nSPS) is 11.7.